The third-order valence-electron chi connectivity index (χ3n) is 3.22. The van der Waals surface area contributed by atoms with Gasteiger partial charge in [-0.05, 0) is 6.92 Å². The Morgan fingerprint density at radius 1 is 1.29 bits per heavy atom. The van der Waals surface area contributed by atoms with E-state index >= 15 is 0 Å². The van der Waals surface area contributed by atoms with Crippen LogP contribution >= 0.6 is 11.3 Å². The molecule has 0 unspecified atom stereocenters. The molecule has 4 nitrogen and oxygen atoms in total. The van der Waals surface area contributed by atoms with E-state index in [0.717, 1.165) is 10.7 Å². The minimum atomic E-state index is -4.46. The molecular formula is C13H13F3N4S. The van der Waals surface area contributed by atoms with Gasteiger partial charge in [0.25, 0.3) is 0 Å². The van der Waals surface area contributed by atoms with E-state index in [1.807, 2.05) is 12.3 Å². The Kier molecular flexibility index (Phi) is 3.66. The third kappa shape index (κ3) is 3.06. The Bertz CT molecular complexity index is 666. The first kappa shape index (κ1) is 14.4. The van der Waals surface area contributed by atoms with Crippen LogP contribution in [0.4, 0.5) is 13.2 Å². The van der Waals surface area contributed by atoms with E-state index in [2.05, 4.69) is 20.3 Å². The minimum absolute atomic E-state index is 0.167. The topological polar surface area (TPSA) is 50.7 Å². The molecule has 0 amide bonds. The Morgan fingerprint density at radius 2 is 2.10 bits per heavy atom. The maximum absolute atomic E-state index is 13.2. The predicted molar refractivity (Wildman–Crippen MR) is 72.1 cm³/mol. The fourth-order valence-electron chi connectivity index (χ4n) is 2.33. The zero-order valence-corrected chi connectivity index (χ0v) is 12.1. The first-order chi connectivity index (χ1) is 9.93. The van der Waals surface area contributed by atoms with Crippen molar-refractivity contribution in [3.05, 3.63) is 38.9 Å². The molecule has 8 heteroatoms. The van der Waals surface area contributed by atoms with Crippen LogP contribution in [-0.2, 0) is 25.6 Å². The number of rotatable bonds is 2. The van der Waals surface area contributed by atoms with Gasteiger partial charge in [0.2, 0.25) is 0 Å². The standard InChI is InChI=1S/C13H13F3N4S/c1-7-6-21-11(18-7)4-10-19-9-2-3-17-5-8(9)12(20-10)13(14,15)16/h6,17H,2-5H2,1H3. The second kappa shape index (κ2) is 5.34. The van der Waals surface area contributed by atoms with E-state index in [-0.39, 0.29) is 24.4 Å². The van der Waals surface area contributed by atoms with Crippen LogP contribution in [0.15, 0.2) is 5.38 Å². The van der Waals surface area contributed by atoms with Gasteiger partial charge in [-0.1, -0.05) is 0 Å². The van der Waals surface area contributed by atoms with E-state index < -0.39 is 11.9 Å². The van der Waals surface area contributed by atoms with Gasteiger partial charge in [-0.25, -0.2) is 15.0 Å². The van der Waals surface area contributed by atoms with Crippen LogP contribution in [0, 0.1) is 6.92 Å². The quantitative estimate of drug-likeness (QED) is 0.925. The fraction of sp³-hybridized carbons (Fsp3) is 0.462. The summed E-state index contributed by atoms with van der Waals surface area (Å²) in [6.07, 6.45) is -3.73. The van der Waals surface area contributed by atoms with Gasteiger partial charge >= 0.3 is 6.18 Å². The molecule has 3 heterocycles. The fourth-order valence-corrected chi connectivity index (χ4v) is 3.10. The van der Waals surface area contributed by atoms with Crippen molar-refractivity contribution >= 4 is 11.3 Å². The monoisotopic (exact) mass is 314 g/mol. The maximum atomic E-state index is 13.2. The molecule has 2 aromatic heterocycles. The van der Waals surface area contributed by atoms with Crippen LogP contribution in [0.25, 0.3) is 0 Å². The van der Waals surface area contributed by atoms with Crippen molar-refractivity contribution in [2.75, 3.05) is 6.54 Å². The number of alkyl halides is 3. The van der Waals surface area contributed by atoms with Gasteiger partial charge in [-0.15, -0.1) is 11.3 Å². The molecule has 112 valence electrons. The Morgan fingerprint density at radius 3 is 2.76 bits per heavy atom. The molecule has 1 aliphatic rings. The van der Waals surface area contributed by atoms with Crippen LogP contribution in [-0.4, -0.2) is 21.5 Å². The summed E-state index contributed by atoms with van der Waals surface area (Å²) in [5.74, 6) is 0.192. The number of nitrogens with zero attached hydrogens (tertiary/aromatic N) is 3. The van der Waals surface area contributed by atoms with Gasteiger partial charge in [0, 0.05) is 36.1 Å². The summed E-state index contributed by atoms with van der Waals surface area (Å²) in [7, 11) is 0. The van der Waals surface area contributed by atoms with Crippen molar-refractivity contribution in [1.29, 1.82) is 0 Å². The molecule has 21 heavy (non-hydrogen) atoms. The molecular weight excluding hydrogens is 301 g/mol. The number of fused-ring (bicyclic) bond motifs is 1. The van der Waals surface area contributed by atoms with Gasteiger partial charge < -0.3 is 5.32 Å². The first-order valence-electron chi connectivity index (χ1n) is 6.51. The summed E-state index contributed by atoms with van der Waals surface area (Å²) in [6, 6.07) is 0. The van der Waals surface area contributed by atoms with Crippen LogP contribution in [0.3, 0.4) is 0 Å². The second-order valence-corrected chi connectivity index (χ2v) is 5.84. The lowest BCUT2D eigenvalue weighted by Gasteiger charge is -2.21. The molecule has 0 bridgehead atoms. The highest BCUT2D eigenvalue weighted by Gasteiger charge is 2.37. The summed E-state index contributed by atoms with van der Waals surface area (Å²) in [5.41, 5.74) is 0.711. The molecule has 0 spiro atoms. The van der Waals surface area contributed by atoms with Crippen molar-refractivity contribution in [2.45, 2.75) is 32.5 Å². The number of halogens is 3. The number of hydrogen-bond donors (Lipinski definition) is 1. The summed E-state index contributed by atoms with van der Waals surface area (Å²) in [4.78, 5) is 12.3. The lowest BCUT2D eigenvalue weighted by Crippen LogP contribution is -2.29. The number of hydrogen-bond acceptors (Lipinski definition) is 5. The molecule has 0 aliphatic carbocycles. The molecule has 0 aromatic carbocycles. The summed E-state index contributed by atoms with van der Waals surface area (Å²) in [6.45, 7) is 2.65. The highest BCUT2D eigenvalue weighted by atomic mass is 32.1. The normalized spacial score (nSPS) is 15.0. The van der Waals surface area contributed by atoms with Crippen molar-refractivity contribution < 1.29 is 13.2 Å². The van der Waals surface area contributed by atoms with E-state index in [1.54, 1.807) is 0 Å². The zero-order chi connectivity index (χ0) is 15.0. The van der Waals surface area contributed by atoms with Crippen molar-refractivity contribution in [1.82, 2.24) is 20.3 Å². The number of aromatic nitrogens is 3. The Hall–Kier alpha value is -1.54. The van der Waals surface area contributed by atoms with Crippen molar-refractivity contribution in [2.24, 2.45) is 0 Å². The molecule has 0 saturated carbocycles. The Labute approximate surface area is 123 Å². The van der Waals surface area contributed by atoms with Crippen LogP contribution < -0.4 is 5.32 Å². The molecule has 0 atom stereocenters. The molecule has 2 aromatic rings. The zero-order valence-electron chi connectivity index (χ0n) is 11.3. The SMILES string of the molecule is Cc1csc(Cc2nc3c(c(C(F)(F)F)n2)CNCC3)n1. The van der Waals surface area contributed by atoms with Gasteiger partial charge in [-0.3, -0.25) is 0 Å². The number of aryl methyl sites for hydroxylation is 1. The summed E-state index contributed by atoms with van der Waals surface area (Å²) < 4.78 is 39.5. The Balaban J connectivity index is 2.01. The molecule has 1 N–H and O–H groups in total. The van der Waals surface area contributed by atoms with Crippen LogP contribution in [0.5, 0.6) is 0 Å². The predicted octanol–water partition coefficient (Wildman–Crippen LogP) is 2.50. The number of thiazole rings is 1. The van der Waals surface area contributed by atoms with E-state index in [1.165, 1.54) is 11.3 Å². The lowest BCUT2D eigenvalue weighted by molar-refractivity contribution is -0.142. The highest BCUT2D eigenvalue weighted by molar-refractivity contribution is 7.09. The van der Waals surface area contributed by atoms with E-state index in [0.29, 0.717) is 18.7 Å². The van der Waals surface area contributed by atoms with E-state index in [4.69, 9.17) is 0 Å². The van der Waals surface area contributed by atoms with Gasteiger partial charge in [-0.2, -0.15) is 13.2 Å². The van der Waals surface area contributed by atoms with Gasteiger partial charge in [0.15, 0.2) is 5.69 Å². The molecule has 0 saturated heterocycles. The summed E-state index contributed by atoms with van der Waals surface area (Å²) >= 11 is 1.41. The molecule has 1 aliphatic heterocycles. The highest BCUT2D eigenvalue weighted by Crippen LogP contribution is 2.32. The van der Waals surface area contributed by atoms with E-state index in [9.17, 15) is 13.2 Å². The second-order valence-electron chi connectivity index (χ2n) is 4.90. The lowest BCUT2D eigenvalue weighted by atomic mass is 10.0. The van der Waals surface area contributed by atoms with Crippen molar-refractivity contribution in [3.8, 4) is 0 Å². The third-order valence-corrected chi connectivity index (χ3v) is 4.19. The summed E-state index contributed by atoms with van der Waals surface area (Å²) in [5, 5.41) is 5.53. The maximum Gasteiger partial charge on any atom is 0.433 e. The van der Waals surface area contributed by atoms with Crippen LogP contribution in [0.1, 0.15) is 33.5 Å². The number of nitrogens with one attached hydrogen (secondary N) is 1. The van der Waals surface area contributed by atoms with Crippen LogP contribution in [0.2, 0.25) is 0 Å². The van der Waals surface area contributed by atoms with Gasteiger partial charge in [0.05, 0.1) is 12.1 Å². The molecule has 3 rings (SSSR count). The molecule has 0 radical (unpaired) electrons. The minimum Gasteiger partial charge on any atom is -0.312 e. The average molecular weight is 314 g/mol. The molecule has 0 fully saturated rings. The van der Waals surface area contributed by atoms with Crippen molar-refractivity contribution in [3.63, 3.8) is 0 Å². The van der Waals surface area contributed by atoms with Gasteiger partial charge in [0.1, 0.15) is 10.8 Å². The first-order valence-corrected chi connectivity index (χ1v) is 7.39. The largest absolute Gasteiger partial charge is 0.433 e. The smallest absolute Gasteiger partial charge is 0.312 e. The average Bonchev–Trinajstić information content (AvgIpc) is 2.82.